The third-order valence-electron chi connectivity index (χ3n) is 1.85. The normalized spacial score (nSPS) is 14.9. The number of hydrogen-bond donors (Lipinski definition) is 1. The van der Waals surface area contributed by atoms with Gasteiger partial charge in [0.15, 0.2) is 9.84 Å². The summed E-state index contributed by atoms with van der Waals surface area (Å²) in [5, 5.41) is 2.29. The molecule has 1 amide bonds. The minimum atomic E-state index is -3.28. The molecule has 0 aliphatic heterocycles. The molecule has 0 heterocycles. The van der Waals surface area contributed by atoms with Gasteiger partial charge < -0.3 is 5.32 Å². The van der Waals surface area contributed by atoms with Crippen LogP contribution >= 0.6 is 11.6 Å². The van der Waals surface area contributed by atoms with Gasteiger partial charge in [-0.05, 0) is 20.8 Å². The average molecular weight is 242 g/mol. The van der Waals surface area contributed by atoms with Gasteiger partial charge >= 0.3 is 0 Å². The van der Waals surface area contributed by atoms with Crippen molar-refractivity contribution in [3.63, 3.8) is 0 Å². The number of halogens is 1. The first kappa shape index (κ1) is 13.7. The van der Waals surface area contributed by atoms with E-state index in [4.69, 9.17) is 11.6 Å². The summed E-state index contributed by atoms with van der Waals surface area (Å²) in [5.41, 5.74) is -0.608. The van der Waals surface area contributed by atoms with Crippen LogP contribution in [0.4, 0.5) is 0 Å². The minimum Gasteiger partial charge on any atom is -0.349 e. The van der Waals surface area contributed by atoms with E-state index >= 15 is 0 Å². The van der Waals surface area contributed by atoms with Gasteiger partial charge in [-0.2, -0.15) is 0 Å². The highest BCUT2D eigenvalue weighted by Crippen LogP contribution is 2.14. The van der Waals surface area contributed by atoms with Crippen molar-refractivity contribution in [3.05, 3.63) is 0 Å². The Labute approximate surface area is 89.9 Å². The molecule has 0 aliphatic rings. The Kier molecular flexibility index (Phi) is 4.39. The van der Waals surface area contributed by atoms with Crippen molar-refractivity contribution in [2.75, 3.05) is 12.0 Å². The Bertz CT molecular complexity index is 309. The van der Waals surface area contributed by atoms with Crippen LogP contribution in [0.5, 0.6) is 0 Å². The summed E-state index contributed by atoms with van der Waals surface area (Å²) in [6.45, 7) is 5.22. The van der Waals surface area contributed by atoms with E-state index in [1.807, 2.05) is 0 Å². The van der Waals surface area contributed by atoms with Gasteiger partial charge in [0.25, 0.3) is 0 Å². The lowest BCUT2D eigenvalue weighted by Gasteiger charge is -2.28. The maximum atomic E-state index is 11.2. The number of alkyl halides is 1. The van der Waals surface area contributed by atoms with Crippen molar-refractivity contribution >= 4 is 27.3 Å². The fourth-order valence-corrected chi connectivity index (χ4v) is 1.34. The molecule has 84 valence electrons. The predicted octanol–water partition coefficient (Wildman–Crippen LogP) is 0.553. The second-order valence-electron chi connectivity index (χ2n) is 3.96. The van der Waals surface area contributed by atoms with E-state index in [9.17, 15) is 13.2 Å². The quantitative estimate of drug-likeness (QED) is 0.732. The summed E-state index contributed by atoms with van der Waals surface area (Å²) in [6.07, 6.45) is 1.02. The monoisotopic (exact) mass is 241 g/mol. The zero-order chi connectivity index (χ0) is 11.6. The van der Waals surface area contributed by atoms with Gasteiger partial charge in [0.05, 0.1) is 10.9 Å². The Balaban J connectivity index is 4.35. The molecule has 4 nitrogen and oxygen atoms in total. The van der Waals surface area contributed by atoms with E-state index in [-0.39, 0.29) is 5.38 Å². The molecule has 0 saturated heterocycles. The molecule has 0 aromatic carbocycles. The van der Waals surface area contributed by atoms with Crippen molar-refractivity contribution in [1.82, 2.24) is 5.32 Å². The summed E-state index contributed by atoms with van der Waals surface area (Å²) in [7, 11) is -3.28. The Morgan fingerprint density at radius 3 is 2.21 bits per heavy atom. The molecule has 6 heteroatoms. The molecule has 0 spiro atoms. The zero-order valence-electron chi connectivity index (χ0n) is 8.80. The molecule has 0 rings (SSSR count). The Morgan fingerprint density at radius 2 is 1.93 bits per heavy atom. The van der Waals surface area contributed by atoms with E-state index in [1.165, 1.54) is 0 Å². The van der Waals surface area contributed by atoms with Crippen LogP contribution in [-0.2, 0) is 14.6 Å². The van der Waals surface area contributed by atoms with Crippen molar-refractivity contribution in [2.24, 2.45) is 0 Å². The second kappa shape index (κ2) is 4.49. The first-order valence-electron chi connectivity index (χ1n) is 4.17. The SMILES string of the molecule is CC(Cl)C(C)(C)NC(=O)CS(C)(=O)=O. The molecule has 0 aliphatic carbocycles. The molecule has 0 aromatic rings. The van der Waals surface area contributed by atoms with E-state index in [0.717, 1.165) is 6.26 Å². The van der Waals surface area contributed by atoms with Crippen molar-refractivity contribution in [3.8, 4) is 0 Å². The summed E-state index contributed by atoms with van der Waals surface area (Å²) in [4.78, 5) is 11.2. The highest BCUT2D eigenvalue weighted by molar-refractivity contribution is 7.91. The summed E-state index contributed by atoms with van der Waals surface area (Å²) in [5.74, 6) is -1.02. The first-order chi connectivity index (χ1) is 6.04. The largest absolute Gasteiger partial charge is 0.349 e. The molecule has 1 N–H and O–H groups in total. The maximum absolute atomic E-state index is 11.2. The van der Waals surface area contributed by atoms with Crippen LogP contribution in [0.3, 0.4) is 0 Å². The fraction of sp³-hybridized carbons (Fsp3) is 0.875. The Morgan fingerprint density at radius 1 is 1.50 bits per heavy atom. The van der Waals surface area contributed by atoms with E-state index in [0.29, 0.717) is 0 Å². The third-order valence-corrected chi connectivity index (χ3v) is 3.18. The molecule has 0 aromatic heterocycles. The van der Waals surface area contributed by atoms with Gasteiger partial charge in [-0.1, -0.05) is 0 Å². The van der Waals surface area contributed by atoms with Gasteiger partial charge in [0, 0.05) is 6.26 Å². The highest BCUT2D eigenvalue weighted by atomic mass is 35.5. The average Bonchev–Trinajstić information content (AvgIpc) is 1.79. The molecular weight excluding hydrogens is 226 g/mol. The predicted molar refractivity (Wildman–Crippen MR) is 57.2 cm³/mol. The lowest BCUT2D eigenvalue weighted by molar-refractivity contribution is -0.120. The number of amides is 1. The van der Waals surface area contributed by atoms with Gasteiger partial charge in [-0.25, -0.2) is 8.42 Å². The minimum absolute atomic E-state index is 0.272. The van der Waals surface area contributed by atoms with Crippen LogP contribution in [0, 0.1) is 0 Å². The van der Waals surface area contributed by atoms with E-state index < -0.39 is 27.0 Å². The van der Waals surface area contributed by atoms with Gasteiger partial charge in [-0.3, -0.25) is 4.79 Å². The molecule has 1 atom stereocenters. The lowest BCUT2D eigenvalue weighted by Crippen LogP contribution is -2.50. The standard InChI is InChI=1S/C8H16ClNO3S/c1-6(9)8(2,3)10-7(11)5-14(4,12)13/h6H,5H2,1-4H3,(H,10,11). The highest BCUT2D eigenvalue weighted by Gasteiger charge is 2.26. The lowest BCUT2D eigenvalue weighted by atomic mass is 10.0. The number of carbonyl (C=O) groups excluding carboxylic acids is 1. The van der Waals surface area contributed by atoms with E-state index in [2.05, 4.69) is 5.32 Å². The van der Waals surface area contributed by atoms with Gasteiger partial charge in [-0.15, -0.1) is 11.6 Å². The number of rotatable bonds is 4. The van der Waals surface area contributed by atoms with Crippen molar-refractivity contribution < 1.29 is 13.2 Å². The maximum Gasteiger partial charge on any atom is 0.235 e. The second-order valence-corrected chi connectivity index (χ2v) is 6.75. The van der Waals surface area contributed by atoms with Gasteiger partial charge in [0.2, 0.25) is 5.91 Å². The molecule has 1 unspecified atom stereocenters. The molecule has 0 radical (unpaired) electrons. The van der Waals surface area contributed by atoms with Crippen LogP contribution < -0.4 is 5.32 Å². The third kappa shape index (κ3) is 5.44. The zero-order valence-corrected chi connectivity index (χ0v) is 10.4. The van der Waals surface area contributed by atoms with Crippen LogP contribution in [0.25, 0.3) is 0 Å². The number of hydrogen-bond acceptors (Lipinski definition) is 3. The summed E-state index contributed by atoms with van der Waals surface area (Å²) in [6, 6.07) is 0. The van der Waals surface area contributed by atoms with Crippen molar-refractivity contribution in [1.29, 1.82) is 0 Å². The molecule has 0 saturated carbocycles. The van der Waals surface area contributed by atoms with Crippen LogP contribution in [-0.4, -0.2) is 37.2 Å². The number of carbonyl (C=O) groups is 1. The molecule has 0 fully saturated rings. The Hall–Kier alpha value is -0.290. The molecular formula is C8H16ClNO3S. The molecule has 14 heavy (non-hydrogen) atoms. The van der Waals surface area contributed by atoms with Gasteiger partial charge in [0.1, 0.15) is 5.75 Å². The number of nitrogens with one attached hydrogen (secondary N) is 1. The van der Waals surface area contributed by atoms with Crippen molar-refractivity contribution in [2.45, 2.75) is 31.7 Å². The van der Waals surface area contributed by atoms with Crippen LogP contribution in [0.2, 0.25) is 0 Å². The summed E-state index contributed by atoms with van der Waals surface area (Å²) >= 11 is 5.82. The fourth-order valence-electron chi connectivity index (χ4n) is 0.733. The van der Waals surface area contributed by atoms with Crippen LogP contribution in [0.1, 0.15) is 20.8 Å². The summed E-state index contributed by atoms with van der Waals surface area (Å²) < 4.78 is 21.6. The molecule has 0 bridgehead atoms. The van der Waals surface area contributed by atoms with Crippen LogP contribution in [0.15, 0.2) is 0 Å². The smallest absolute Gasteiger partial charge is 0.235 e. The number of sulfone groups is 1. The first-order valence-corrected chi connectivity index (χ1v) is 6.67. The topological polar surface area (TPSA) is 63.2 Å². The van der Waals surface area contributed by atoms with E-state index in [1.54, 1.807) is 20.8 Å².